The number of rotatable bonds is 5. The minimum Gasteiger partial charge on any atom is -0.354 e. The van der Waals surface area contributed by atoms with Crippen LogP contribution >= 0.6 is 0 Å². The lowest BCUT2D eigenvalue weighted by Crippen LogP contribution is -2.55. The van der Waals surface area contributed by atoms with E-state index < -0.39 is 11.9 Å². The first-order valence-electron chi connectivity index (χ1n) is 13.7. The monoisotopic (exact) mass is 537 g/mol. The Kier molecular flexibility index (Phi) is 7.71. The predicted octanol–water partition coefficient (Wildman–Crippen LogP) is 4.74. The van der Waals surface area contributed by atoms with E-state index in [-0.39, 0.29) is 18.0 Å². The molecule has 2 aliphatic rings. The van der Waals surface area contributed by atoms with Gasteiger partial charge in [-0.25, -0.2) is 9.69 Å². The van der Waals surface area contributed by atoms with Crippen LogP contribution in [0.2, 0.25) is 0 Å². The summed E-state index contributed by atoms with van der Waals surface area (Å²) in [6.45, 7) is 7.53. The summed E-state index contributed by atoms with van der Waals surface area (Å²) in [4.78, 5) is 43.0. The summed E-state index contributed by atoms with van der Waals surface area (Å²) in [5, 5.41) is 9.49. The lowest BCUT2D eigenvalue weighted by molar-refractivity contribution is -0.112. The van der Waals surface area contributed by atoms with Crippen LogP contribution in [0.25, 0.3) is 11.3 Å². The zero-order valence-corrected chi connectivity index (χ0v) is 23.3. The van der Waals surface area contributed by atoms with E-state index in [0.717, 1.165) is 23.2 Å². The summed E-state index contributed by atoms with van der Waals surface area (Å²) in [5.41, 5.74) is 5.43. The molecular formula is C32H35N5O3. The number of nitrogens with one attached hydrogen (secondary N) is 3. The van der Waals surface area contributed by atoms with Crippen molar-refractivity contribution in [3.05, 3.63) is 95.1 Å². The van der Waals surface area contributed by atoms with Crippen LogP contribution in [0.3, 0.4) is 0 Å². The van der Waals surface area contributed by atoms with Gasteiger partial charge in [-0.1, -0.05) is 49.4 Å². The van der Waals surface area contributed by atoms with E-state index >= 15 is 0 Å². The minimum atomic E-state index is -0.485. The molecule has 4 amide bonds. The van der Waals surface area contributed by atoms with E-state index in [4.69, 9.17) is 0 Å². The molecule has 3 aromatic carbocycles. The second-order valence-corrected chi connectivity index (χ2v) is 10.4. The molecule has 0 aliphatic carbocycles. The smallest absolute Gasteiger partial charge is 0.328 e. The van der Waals surface area contributed by atoms with Gasteiger partial charge in [-0.15, -0.1) is 0 Å². The number of amides is 4. The lowest BCUT2D eigenvalue weighted by Gasteiger charge is -2.36. The molecule has 0 aromatic heterocycles. The third-order valence-corrected chi connectivity index (χ3v) is 7.37. The normalized spacial score (nSPS) is 19.8. The predicted molar refractivity (Wildman–Crippen MR) is 159 cm³/mol. The maximum absolute atomic E-state index is 13.9. The number of nitrogens with zero attached hydrogens (tertiary/aromatic N) is 2. The number of aryl methyl sites for hydroxylation is 1. The van der Waals surface area contributed by atoms with E-state index in [0.29, 0.717) is 41.2 Å². The summed E-state index contributed by atoms with van der Waals surface area (Å²) < 4.78 is 0. The van der Waals surface area contributed by atoms with Crippen molar-refractivity contribution in [1.82, 2.24) is 15.5 Å². The van der Waals surface area contributed by atoms with Crippen LogP contribution in [0.4, 0.5) is 16.2 Å². The van der Waals surface area contributed by atoms with Gasteiger partial charge in [0.15, 0.2) is 0 Å². The molecule has 40 heavy (non-hydrogen) atoms. The highest BCUT2D eigenvalue weighted by Gasteiger charge is 2.39. The standard InChI is InChI=1S/C32H35N5O3/c1-5-22-11-16-26-27(17-22)37(32(40)33-4)31(39)28(26)29(23-9-7-6-8-10-23)35-25-14-12-24(13-15-25)30(38)36-18-20(2)34-21(3)19-36/h6-17,20-21,34-35H,5,18-19H2,1-4H3,(H,33,40)/t20-,21+. The van der Waals surface area contributed by atoms with E-state index in [1.165, 1.54) is 11.9 Å². The van der Waals surface area contributed by atoms with Gasteiger partial charge >= 0.3 is 6.03 Å². The maximum Gasteiger partial charge on any atom is 0.328 e. The molecule has 2 heterocycles. The van der Waals surface area contributed by atoms with Gasteiger partial charge in [0.25, 0.3) is 11.8 Å². The quantitative estimate of drug-likeness (QED) is 0.409. The number of anilines is 2. The van der Waals surface area contributed by atoms with Crippen LogP contribution in [0.5, 0.6) is 0 Å². The molecule has 1 fully saturated rings. The van der Waals surface area contributed by atoms with E-state index in [2.05, 4.69) is 29.8 Å². The molecule has 8 nitrogen and oxygen atoms in total. The first kappa shape index (κ1) is 27.1. The molecule has 5 rings (SSSR count). The van der Waals surface area contributed by atoms with Gasteiger partial charge in [-0.05, 0) is 61.7 Å². The zero-order valence-electron chi connectivity index (χ0n) is 23.3. The molecule has 2 atom stereocenters. The summed E-state index contributed by atoms with van der Waals surface area (Å²) >= 11 is 0. The van der Waals surface area contributed by atoms with Crippen molar-refractivity contribution in [2.24, 2.45) is 0 Å². The Hall–Kier alpha value is -4.43. The summed E-state index contributed by atoms with van der Waals surface area (Å²) in [5.74, 6) is -0.399. The molecule has 0 radical (unpaired) electrons. The Balaban J connectivity index is 1.54. The number of piperazine rings is 1. The Morgan fingerprint density at radius 3 is 2.23 bits per heavy atom. The number of benzene rings is 3. The molecule has 0 spiro atoms. The van der Waals surface area contributed by atoms with Gasteiger partial charge in [0.1, 0.15) is 0 Å². The fraction of sp³-hybridized carbons (Fsp3) is 0.281. The molecule has 0 unspecified atom stereocenters. The van der Waals surface area contributed by atoms with Crippen molar-refractivity contribution in [3.8, 4) is 0 Å². The Bertz CT molecular complexity index is 1460. The largest absolute Gasteiger partial charge is 0.354 e. The second-order valence-electron chi connectivity index (χ2n) is 10.4. The topological polar surface area (TPSA) is 93.8 Å². The Morgan fingerprint density at radius 1 is 0.925 bits per heavy atom. The maximum atomic E-state index is 13.9. The number of imide groups is 1. The van der Waals surface area contributed by atoms with Crippen LogP contribution in [0, 0.1) is 0 Å². The number of carbonyl (C=O) groups excluding carboxylic acids is 3. The first-order chi connectivity index (χ1) is 19.3. The average Bonchev–Trinajstić information content (AvgIpc) is 3.25. The summed E-state index contributed by atoms with van der Waals surface area (Å²) in [7, 11) is 1.52. The molecule has 8 heteroatoms. The third kappa shape index (κ3) is 5.22. The summed E-state index contributed by atoms with van der Waals surface area (Å²) in [6, 6.07) is 22.7. The van der Waals surface area contributed by atoms with Crippen molar-refractivity contribution < 1.29 is 14.4 Å². The number of fused-ring (bicyclic) bond motifs is 1. The van der Waals surface area contributed by atoms with E-state index in [1.54, 1.807) is 0 Å². The lowest BCUT2D eigenvalue weighted by atomic mass is 9.98. The van der Waals surface area contributed by atoms with Crippen LogP contribution in [-0.4, -0.2) is 55.0 Å². The highest BCUT2D eigenvalue weighted by molar-refractivity contribution is 6.43. The molecule has 0 bridgehead atoms. The highest BCUT2D eigenvalue weighted by Crippen LogP contribution is 2.42. The molecule has 206 valence electrons. The Morgan fingerprint density at radius 2 is 1.60 bits per heavy atom. The summed E-state index contributed by atoms with van der Waals surface area (Å²) in [6.07, 6.45) is 0.780. The van der Waals surface area contributed by atoms with Gasteiger partial charge in [-0.2, -0.15) is 0 Å². The van der Waals surface area contributed by atoms with Crippen molar-refractivity contribution in [1.29, 1.82) is 0 Å². The van der Waals surface area contributed by atoms with Crippen LogP contribution < -0.4 is 20.9 Å². The molecule has 2 aliphatic heterocycles. The Labute approximate surface area is 235 Å². The second kappa shape index (κ2) is 11.4. The van der Waals surface area contributed by atoms with E-state index in [1.807, 2.05) is 84.6 Å². The van der Waals surface area contributed by atoms with Crippen LogP contribution in [0.1, 0.15) is 47.8 Å². The van der Waals surface area contributed by atoms with Crippen molar-refractivity contribution >= 4 is 40.5 Å². The van der Waals surface area contributed by atoms with Gasteiger partial charge in [0, 0.05) is 49.0 Å². The van der Waals surface area contributed by atoms with Crippen LogP contribution in [0.15, 0.2) is 72.8 Å². The van der Waals surface area contributed by atoms with Crippen molar-refractivity contribution in [2.75, 3.05) is 30.4 Å². The molecule has 3 N–H and O–H groups in total. The van der Waals surface area contributed by atoms with Gasteiger partial charge < -0.3 is 20.9 Å². The first-order valence-corrected chi connectivity index (χ1v) is 13.7. The molecular weight excluding hydrogens is 502 g/mol. The molecule has 1 saturated heterocycles. The molecule has 3 aromatic rings. The number of hydrogen-bond acceptors (Lipinski definition) is 5. The third-order valence-electron chi connectivity index (χ3n) is 7.37. The minimum absolute atomic E-state index is 0.00114. The number of urea groups is 1. The highest BCUT2D eigenvalue weighted by atomic mass is 16.2. The zero-order chi connectivity index (χ0) is 28.4. The van der Waals surface area contributed by atoms with Crippen LogP contribution in [-0.2, 0) is 11.2 Å². The number of hydrogen-bond donors (Lipinski definition) is 3. The van der Waals surface area contributed by atoms with Gasteiger partial charge in [0.2, 0.25) is 0 Å². The van der Waals surface area contributed by atoms with Gasteiger partial charge in [-0.3, -0.25) is 9.59 Å². The fourth-order valence-corrected chi connectivity index (χ4v) is 5.48. The van der Waals surface area contributed by atoms with Gasteiger partial charge in [0.05, 0.1) is 17.0 Å². The molecule has 0 saturated carbocycles. The average molecular weight is 538 g/mol. The fourth-order valence-electron chi connectivity index (χ4n) is 5.48. The number of carbonyl (C=O) groups is 3. The van der Waals surface area contributed by atoms with Crippen molar-refractivity contribution in [3.63, 3.8) is 0 Å². The SMILES string of the molecule is CCc1ccc2c(c1)N(C(=O)NC)C(=O)C2=C(Nc1ccc(C(=O)N2C[C@@H](C)N[C@@H](C)C2)cc1)c1ccccc1. The van der Waals surface area contributed by atoms with E-state index in [9.17, 15) is 14.4 Å². The van der Waals surface area contributed by atoms with Crippen molar-refractivity contribution in [2.45, 2.75) is 39.3 Å².